The summed E-state index contributed by atoms with van der Waals surface area (Å²) in [6.45, 7) is 7.39. The van der Waals surface area contributed by atoms with Gasteiger partial charge in [-0.15, -0.1) is 0 Å². The third kappa shape index (κ3) is 7.81. The van der Waals surface area contributed by atoms with Crippen LogP contribution in [0.1, 0.15) is 31.0 Å². The molecule has 1 aliphatic rings. The first kappa shape index (κ1) is 30.6. The Morgan fingerprint density at radius 2 is 2.00 bits per heavy atom. The van der Waals surface area contributed by atoms with Crippen LogP contribution < -0.4 is 30.3 Å². The Hall–Kier alpha value is -3.93. The van der Waals surface area contributed by atoms with Crippen molar-refractivity contribution in [3.8, 4) is 17.2 Å². The van der Waals surface area contributed by atoms with Crippen molar-refractivity contribution >= 4 is 41.4 Å². The van der Waals surface area contributed by atoms with Crippen molar-refractivity contribution in [3.05, 3.63) is 75.4 Å². The van der Waals surface area contributed by atoms with E-state index in [1.165, 1.54) is 13.3 Å². The Kier molecular flexibility index (Phi) is 11.1. The van der Waals surface area contributed by atoms with Crippen LogP contribution in [0.4, 0.5) is 4.79 Å². The van der Waals surface area contributed by atoms with Gasteiger partial charge in [-0.25, -0.2) is 9.59 Å². The van der Waals surface area contributed by atoms with E-state index in [-0.39, 0.29) is 18.8 Å². The topological polar surface area (TPSA) is 140 Å². The van der Waals surface area contributed by atoms with E-state index in [0.29, 0.717) is 50.7 Å². The van der Waals surface area contributed by atoms with Gasteiger partial charge in [0.25, 0.3) is 0 Å². The van der Waals surface area contributed by atoms with Crippen molar-refractivity contribution < 1.29 is 33.6 Å². The van der Waals surface area contributed by atoms with Gasteiger partial charge in [-0.3, -0.25) is 5.43 Å². The van der Waals surface area contributed by atoms with E-state index in [4.69, 9.17) is 42.1 Å². The molecule has 0 radical (unpaired) electrons. The molecular formula is C27H30Cl2N4O7. The van der Waals surface area contributed by atoms with Gasteiger partial charge in [-0.05, 0) is 43.7 Å². The normalized spacial score (nSPS) is 15.7. The average Bonchev–Trinajstić information content (AvgIpc) is 2.91. The van der Waals surface area contributed by atoms with E-state index in [1.54, 1.807) is 50.3 Å². The molecule has 214 valence electrons. The monoisotopic (exact) mass is 592 g/mol. The summed E-state index contributed by atoms with van der Waals surface area (Å²) in [6.07, 6.45) is 1.78. The smallest absolute Gasteiger partial charge is 0.337 e. The molecule has 40 heavy (non-hydrogen) atoms. The highest BCUT2D eigenvalue weighted by molar-refractivity contribution is 6.36. The molecule has 0 saturated heterocycles. The Balaban J connectivity index is 1.72. The molecule has 0 fully saturated rings. The first-order valence-electron chi connectivity index (χ1n) is 12.1. The van der Waals surface area contributed by atoms with Gasteiger partial charge in [0.15, 0.2) is 17.7 Å². The first-order valence-corrected chi connectivity index (χ1v) is 12.9. The van der Waals surface area contributed by atoms with Crippen LogP contribution >= 0.6 is 23.2 Å². The van der Waals surface area contributed by atoms with E-state index in [1.807, 2.05) is 0 Å². The third-order valence-corrected chi connectivity index (χ3v) is 5.98. The predicted octanol–water partition coefficient (Wildman–Crippen LogP) is 4.08. The van der Waals surface area contributed by atoms with Crippen LogP contribution in [0.3, 0.4) is 0 Å². The lowest BCUT2D eigenvalue weighted by Gasteiger charge is -2.28. The van der Waals surface area contributed by atoms with Crippen molar-refractivity contribution in [2.45, 2.75) is 26.1 Å². The summed E-state index contributed by atoms with van der Waals surface area (Å²) in [5, 5.41) is 20.4. The molecule has 2 aromatic carbocycles. The molecule has 2 aromatic rings. The number of esters is 1. The number of halogens is 2. The van der Waals surface area contributed by atoms with Crippen LogP contribution in [0, 0.1) is 0 Å². The lowest BCUT2D eigenvalue weighted by atomic mass is 9.95. The number of allylic oxidation sites excluding steroid dienone is 1. The molecule has 1 heterocycles. The molecule has 0 unspecified atom stereocenters. The quantitative estimate of drug-likeness (QED) is 0.0896. The standard InChI is InChI=1S/C27H30Cl2N4O7/c1-5-9-39-25-17(10-18(28)12-19(25)29)13-30-33-22(34)14-40-20-8-7-16(11-21(20)38-6-2)24-23(26(35)37-4)15(3)31-27(36)32-24/h5,7-8,10-13,22,24,33-34H,1,6,9,14H2,2-4H3,(H2,31,32,36)/b30-13+/t22-,24+/m1/s1. The highest BCUT2D eigenvalue weighted by Crippen LogP contribution is 2.35. The number of amides is 2. The van der Waals surface area contributed by atoms with Crippen molar-refractivity contribution in [1.82, 2.24) is 16.1 Å². The number of hydrogen-bond donors (Lipinski definition) is 4. The molecule has 0 aromatic heterocycles. The Bertz CT molecular complexity index is 1320. The zero-order valence-corrected chi connectivity index (χ0v) is 23.6. The fourth-order valence-electron chi connectivity index (χ4n) is 3.79. The number of rotatable bonds is 13. The maximum Gasteiger partial charge on any atom is 0.337 e. The number of hydrogen-bond acceptors (Lipinski definition) is 9. The van der Waals surface area contributed by atoms with Gasteiger partial charge in [0.1, 0.15) is 19.0 Å². The van der Waals surface area contributed by atoms with Gasteiger partial charge in [0.05, 0.1) is 36.6 Å². The molecule has 1 aliphatic heterocycles. The zero-order valence-electron chi connectivity index (χ0n) is 22.1. The van der Waals surface area contributed by atoms with E-state index in [0.717, 1.165) is 0 Å². The lowest BCUT2D eigenvalue weighted by molar-refractivity contribution is -0.136. The largest absolute Gasteiger partial charge is 0.490 e. The summed E-state index contributed by atoms with van der Waals surface area (Å²) in [5.41, 5.74) is 4.27. The zero-order chi connectivity index (χ0) is 29.2. The summed E-state index contributed by atoms with van der Waals surface area (Å²) in [6, 6.07) is 6.88. The van der Waals surface area contributed by atoms with Gasteiger partial charge >= 0.3 is 12.0 Å². The Morgan fingerprint density at radius 1 is 1.23 bits per heavy atom. The second-order valence-corrected chi connectivity index (χ2v) is 9.16. The number of benzene rings is 2. The molecular weight excluding hydrogens is 563 g/mol. The van der Waals surface area contributed by atoms with Gasteiger partial charge < -0.3 is 34.7 Å². The Morgan fingerprint density at radius 3 is 2.70 bits per heavy atom. The van der Waals surface area contributed by atoms with E-state index in [9.17, 15) is 14.7 Å². The lowest BCUT2D eigenvalue weighted by Crippen LogP contribution is -2.45. The number of methoxy groups -OCH3 is 1. The second-order valence-electron chi connectivity index (χ2n) is 8.32. The summed E-state index contributed by atoms with van der Waals surface area (Å²) >= 11 is 12.3. The first-order chi connectivity index (χ1) is 19.2. The predicted molar refractivity (Wildman–Crippen MR) is 151 cm³/mol. The molecule has 3 rings (SSSR count). The number of aliphatic hydroxyl groups is 1. The number of carbonyl (C=O) groups is 2. The summed E-state index contributed by atoms with van der Waals surface area (Å²) < 4.78 is 22.0. The van der Waals surface area contributed by atoms with Crippen molar-refractivity contribution in [1.29, 1.82) is 0 Å². The van der Waals surface area contributed by atoms with Crippen molar-refractivity contribution in [3.63, 3.8) is 0 Å². The third-order valence-electron chi connectivity index (χ3n) is 5.48. The molecule has 0 bridgehead atoms. The van der Waals surface area contributed by atoms with Gasteiger partial charge in [-0.1, -0.05) is 41.9 Å². The SMILES string of the molecule is C=CCOc1c(Cl)cc(Cl)cc1/C=N/N[C@H](O)COc1ccc([C@@H]2NC(=O)NC(C)=C2C(=O)OC)cc1OCC. The minimum absolute atomic E-state index is 0.191. The number of nitrogens with zero attached hydrogens (tertiary/aromatic N) is 1. The minimum Gasteiger partial charge on any atom is -0.490 e. The van der Waals surface area contributed by atoms with Gasteiger partial charge in [0, 0.05) is 16.3 Å². The van der Waals surface area contributed by atoms with Crippen LogP contribution in [0.25, 0.3) is 0 Å². The highest BCUT2D eigenvalue weighted by atomic mass is 35.5. The molecule has 4 N–H and O–H groups in total. The molecule has 2 atom stereocenters. The number of aliphatic hydroxyl groups excluding tert-OH is 1. The van der Waals surface area contributed by atoms with E-state index < -0.39 is 24.3 Å². The number of urea groups is 1. The fourth-order valence-corrected chi connectivity index (χ4v) is 4.35. The van der Waals surface area contributed by atoms with Crippen molar-refractivity contribution in [2.24, 2.45) is 5.10 Å². The van der Waals surface area contributed by atoms with Gasteiger partial charge in [-0.2, -0.15) is 5.10 Å². The van der Waals surface area contributed by atoms with Crippen molar-refractivity contribution in [2.75, 3.05) is 26.9 Å². The summed E-state index contributed by atoms with van der Waals surface area (Å²) in [5.74, 6) is 0.470. The van der Waals surface area contributed by atoms with Crippen LogP contribution in [0.5, 0.6) is 17.2 Å². The van der Waals surface area contributed by atoms with Crippen LogP contribution in [0.2, 0.25) is 10.0 Å². The Labute approximate surface area is 241 Å². The highest BCUT2D eigenvalue weighted by Gasteiger charge is 2.32. The second kappa shape index (κ2) is 14.5. The van der Waals surface area contributed by atoms with E-state index >= 15 is 0 Å². The molecule has 0 saturated carbocycles. The van der Waals surface area contributed by atoms with Gasteiger partial charge in [0.2, 0.25) is 0 Å². The molecule has 0 aliphatic carbocycles. The molecule has 11 nitrogen and oxygen atoms in total. The summed E-state index contributed by atoms with van der Waals surface area (Å²) in [4.78, 5) is 24.5. The fraction of sp³-hybridized carbons (Fsp3) is 0.296. The maximum atomic E-state index is 12.4. The van der Waals surface area contributed by atoms with Crippen LogP contribution in [0.15, 0.2) is 59.4 Å². The number of carbonyl (C=O) groups excluding carboxylic acids is 2. The minimum atomic E-state index is -1.20. The summed E-state index contributed by atoms with van der Waals surface area (Å²) in [7, 11) is 1.27. The number of ether oxygens (including phenoxy) is 4. The van der Waals surface area contributed by atoms with Crippen LogP contribution in [-0.4, -0.2) is 56.5 Å². The molecule has 0 spiro atoms. The number of hydrazone groups is 1. The average molecular weight is 593 g/mol. The molecule has 2 amide bonds. The van der Waals surface area contributed by atoms with Crippen LogP contribution in [-0.2, 0) is 9.53 Å². The van der Waals surface area contributed by atoms with E-state index in [2.05, 4.69) is 27.7 Å². The number of nitrogens with one attached hydrogen (secondary N) is 3. The molecule has 13 heteroatoms. The maximum absolute atomic E-state index is 12.4.